The van der Waals surface area contributed by atoms with Crippen molar-refractivity contribution in [3.8, 4) is 0 Å². The first kappa shape index (κ1) is 17.6. The molecule has 20 heavy (non-hydrogen) atoms. The van der Waals surface area contributed by atoms with Gasteiger partial charge >= 0.3 is 0 Å². The molecule has 0 radical (unpaired) electrons. The molecule has 0 spiro atoms. The molecular formula is C13H21BrN2O3S. The van der Waals surface area contributed by atoms with E-state index in [1.54, 1.807) is 25.3 Å². The van der Waals surface area contributed by atoms with E-state index in [-0.39, 0.29) is 10.9 Å². The number of rotatable bonds is 8. The normalized spacial score (nSPS) is 13.4. The molecule has 0 heterocycles. The Kier molecular flexibility index (Phi) is 7.11. The summed E-state index contributed by atoms with van der Waals surface area (Å²) in [7, 11) is -2.02. The molecule has 1 aromatic rings. The molecule has 0 saturated carbocycles. The number of sulfonamides is 1. The van der Waals surface area contributed by atoms with Gasteiger partial charge in [0.15, 0.2) is 0 Å². The highest BCUT2D eigenvalue weighted by Gasteiger charge is 2.22. The van der Waals surface area contributed by atoms with Gasteiger partial charge in [0.1, 0.15) is 0 Å². The molecule has 0 fully saturated rings. The molecule has 3 N–H and O–H groups in total. The lowest BCUT2D eigenvalue weighted by Crippen LogP contribution is -2.38. The highest BCUT2D eigenvalue weighted by atomic mass is 79.9. The van der Waals surface area contributed by atoms with Crippen molar-refractivity contribution < 1.29 is 13.2 Å². The highest BCUT2D eigenvalue weighted by Crippen LogP contribution is 2.23. The summed E-state index contributed by atoms with van der Waals surface area (Å²) in [4.78, 5) is 0.215. The minimum atomic E-state index is -3.58. The first-order chi connectivity index (χ1) is 9.44. The van der Waals surface area contributed by atoms with Crippen LogP contribution < -0.4 is 10.5 Å². The molecule has 0 aliphatic carbocycles. The molecule has 1 rings (SSSR count). The second-order valence-electron chi connectivity index (χ2n) is 4.53. The van der Waals surface area contributed by atoms with E-state index in [2.05, 4.69) is 20.7 Å². The Balaban J connectivity index is 2.97. The Bertz CT molecular complexity index is 528. The topological polar surface area (TPSA) is 81.4 Å². The summed E-state index contributed by atoms with van der Waals surface area (Å²) >= 11 is 3.29. The van der Waals surface area contributed by atoms with E-state index in [0.29, 0.717) is 17.6 Å². The predicted molar refractivity (Wildman–Crippen MR) is 82.9 cm³/mol. The van der Waals surface area contributed by atoms with Gasteiger partial charge in [-0.1, -0.05) is 19.4 Å². The fraction of sp³-hybridized carbons (Fsp3) is 0.538. The van der Waals surface area contributed by atoms with Crippen LogP contribution in [0.25, 0.3) is 0 Å². The Morgan fingerprint density at radius 2 is 2.15 bits per heavy atom. The van der Waals surface area contributed by atoms with Gasteiger partial charge in [-0.2, -0.15) is 0 Å². The number of halogens is 1. The van der Waals surface area contributed by atoms with Crippen molar-refractivity contribution in [2.24, 2.45) is 5.73 Å². The van der Waals surface area contributed by atoms with Crippen LogP contribution in [0, 0.1) is 0 Å². The van der Waals surface area contributed by atoms with Gasteiger partial charge in [0, 0.05) is 24.2 Å². The lowest BCUT2D eigenvalue weighted by Gasteiger charge is -2.18. The van der Waals surface area contributed by atoms with Gasteiger partial charge in [-0.15, -0.1) is 0 Å². The predicted octanol–water partition coefficient (Wildman–Crippen LogP) is 2.00. The van der Waals surface area contributed by atoms with E-state index in [1.165, 1.54) is 0 Å². The van der Waals surface area contributed by atoms with Crippen LogP contribution in [0.5, 0.6) is 0 Å². The first-order valence-corrected chi connectivity index (χ1v) is 8.72. The van der Waals surface area contributed by atoms with Crippen LogP contribution in [0.3, 0.4) is 0 Å². The molecular weight excluding hydrogens is 344 g/mol. The zero-order chi connectivity index (χ0) is 15.2. The SMILES string of the molecule is CCCC(COC)NS(=O)(=O)c1ccc(CN)cc1Br. The Morgan fingerprint density at radius 3 is 2.65 bits per heavy atom. The van der Waals surface area contributed by atoms with Crippen molar-refractivity contribution in [1.82, 2.24) is 4.72 Å². The lowest BCUT2D eigenvalue weighted by molar-refractivity contribution is 0.171. The first-order valence-electron chi connectivity index (χ1n) is 6.44. The van der Waals surface area contributed by atoms with Gasteiger partial charge in [-0.3, -0.25) is 0 Å². The fourth-order valence-electron chi connectivity index (χ4n) is 1.90. The molecule has 1 unspecified atom stereocenters. The average molecular weight is 365 g/mol. The summed E-state index contributed by atoms with van der Waals surface area (Å²) < 4.78 is 33.0. The number of nitrogens with one attached hydrogen (secondary N) is 1. The van der Waals surface area contributed by atoms with Gasteiger partial charge in [0.25, 0.3) is 0 Å². The van der Waals surface area contributed by atoms with E-state index in [4.69, 9.17) is 10.5 Å². The summed E-state index contributed by atoms with van der Waals surface area (Å²) in [6.07, 6.45) is 1.61. The van der Waals surface area contributed by atoms with Gasteiger partial charge in [-0.05, 0) is 40.0 Å². The third-order valence-electron chi connectivity index (χ3n) is 2.85. The van der Waals surface area contributed by atoms with E-state index in [0.717, 1.165) is 18.4 Å². The summed E-state index contributed by atoms with van der Waals surface area (Å²) in [6.45, 7) is 2.73. The van der Waals surface area contributed by atoms with E-state index < -0.39 is 10.0 Å². The number of methoxy groups -OCH3 is 1. The molecule has 0 aliphatic heterocycles. The quantitative estimate of drug-likeness (QED) is 0.738. The highest BCUT2D eigenvalue weighted by molar-refractivity contribution is 9.10. The van der Waals surface area contributed by atoms with E-state index >= 15 is 0 Å². The second kappa shape index (κ2) is 8.09. The van der Waals surface area contributed by atoms with Crippen LogP contribution in [-0.4, -0.2) is 28.2 Å². The maximum absolute atomic E-state index is 12.4. The Labute approximate surface area is 129 Å². The van der Waals surface area contributed by atoms with Crippen molar-refractivity contribution in [1.29, 1.82) is 0 Å². The van der Waals surface area contributed by atoms with Crippen molar-refractivity contribution in [2.75, 3.05) is 13.7 Å². The lowest BCUT2D eigenvalue weighted by atomic mass is 10.2. The number of hydrogen-bond donors (Lipinski definition) is 2. The molecule has 1 atom stereocenters. The average Bonchev–Trinajstić information content (AvgIpc) is 2.38. The van der Waals surface area contributed by atoms with Gasteiger partial charge < -0.3 is 10.5 Å². The molecule has 0 aliphatic rings. The summed E-state index contributed by atoms with van der Waals surface area (Å²) in [5.74, 6) is 0. The van der Waals surface area contributed by atoms with Crippen molar-refractivity contribution >= 4 is 26.0 Å². The van der Waals surface area contributed by atoms with E-state index in [1.807, 2.05) is 6.92 Å². The van der Waals surface area contributed by atoms with Gasteiger partial charge in [0.2, 0.25) is 10.0 Å². The van der Waals surface area contributed by atoms with Gasteiger partial charge in [0.05, 0.1) is 11.5 Å². The van der Waals surface area contributed by atoms with Crippen LogP contribution >= 0.6 is 15.9 Å². The van der Waals surface area contributed by atoms with Crippen molar-refractivity contribution in [3.05, 3.63) is 28.2 Å². The summed E-state index contributed by atoms with van der Waals surface area (Å²) in [5.41, 5.74) is 6.41. The molecule has 5 nitrogen and oxygen atoms in total. The molecule has 1 aromatic carbocycles. The zero-order valence-electron chi connectivity index (χ0n) is 11.7. The second-order valence-corrected chi connectivity index (χ2v) is 7.07. The molecule has 0 saturated heterocycles. The minimum Gasteiger partial charge on any atom is -0.383 e. The molecule has 0 bridgehead atoms. The number of benzene rings is 1. The Hall–Kier alpha value is -0.470. The third kappa shape index (κ3) is 4.82. The number of hydrogen-bond acceptors (Lipinski definition) is 4. The zero-order valence-corrected chi connectivity index (χ0v) is 14.1. The molecule has 0 amide bonds. The number of nitrogens with two attached hydrogens (primary N) is 1. The summed E-state index contributed by atoms with van der Waals surface area (Å²) in [6, 6.07) is 4.77. The van der Waals surface area contributed by atoms with E-state index in [9.17, 15) is 8.42 Å². The maximum atomic E-state index is 12.4. The molecule has 0 aromatic heterocycles. The standard InChI is InChI=1S/C13H21BrN2O3S/c1-3-4-11(9-19-2)16-20(17,18)13-6-5-10(8-15)7-12(13)14/h5-7,11,16H,3-4,8-9,15H2,1-2H3. The van der Waals surface area contributed by atoms with Crippen LogP contribution in [0.1, 0.15) is 25.3 Å². The third-order valence-corrected chi connectivity index (χ3v) is 5.35. The smallest absolute Gasteiger partial charge is 0.242 e. The van der Waals surface area contributed by atoms with Crippen LogP contribution in [0.4, 0.5) is 0 Å². The van der Waals surface area contributed by atoms with Gasteiger partial charge in [-0.25, -0.2) is 13.1 Å². The minimum absolute atomic E-state index is 0.215. The van der Waals surface area contributed by atoms with Crippen molar-refractivity contribution in [2.45, 2.75) is 37.2 Å². The number of ether oxygens (including phenoxy) is 1. The largest absolute Gasteiger partial charge is 0.383 e. The van der Waals surface area contributed by atoms with Crippen LogP contribution in [0.15, 0.2) is 27.6 Å². The summed E-state index contributed by atoms with van der Waals surface area (Å²) in [5, 5.41) is 0. The molecule has 114 valence electrons. The monoisotopic (exact) mass is 364 g/mol. The van der Waals surface area contributed by atoms with Crippen LogP contribution in [0.2, 0.25) is 0 Å². The Morgan fingerprint density at radius 1 is 1.45 bits per heavy atom. The van der Waals surface area contributed by atoms with Crippen molar-refractivity contribution in [3.63, 3.8) is 0 Å². The van der Waals surface area contributed by atoms with Crippen LogP contribution in [-0.2, 0) is 21.3 Å². The maximum Gasteiger partial charge on any atom is 0.242 e. The fourth-order valence-corrected chi connectivity index (χ4v) is 4.28. The molecule has 7 heteroatoms.